The third-order valence-electron chi connectivity index (χ3n) is 2.48. The van der Waals surface area contributed by atoms with Crippen LogP contribution in [0.1, 0.15) is 5.56 Å². The van der Waals surface area contributed by atoms with Gasteiger partial charge in [-0.2, -0.15) is 0 Å². The van der Waals surface area contributed by atoms with Crippen molar-refractivity contribution in [3.63, 3.8) is 0 Å². The minimum atomic E-state index is -0.346. The molecule has 0 aromatic heterocycles. The largest absolute Gasteiger partial charge is 0.389 e. The molecule has 1 aromatic rings. The van der Waals surface area contributed by atoms with Gasteiger partial charge in [-0.3, -0.25) is 4.79 Å². The number of amides is 1. The van der Waals surface area contributed by atoms with E-state index in [1.54, 1.807) is 11.0 Å². The standard InChI is InChI=1S/C12H12BrNO2/c13-11-4-2-1-3-9(11)5-6-12(16)14-7-10(15)8-14/h1-6,10,15H,7-8H2. The van der Waals surface area contributed by atoms with Gasteiger partial charge in [-0.25, -0.2) is 0 Å². The summed E-state index contributed by atoms with van der Waals surface area (Å²) in [6, 6.07) is 7.70. The van der Waals surface area contributed by atoms with Crippen LogP contribution in [0.2, 0.25) is 0 Å². The highest BCUT2D eigenvalue weighted by atomic mass is 79.9. The molecule has 1 fully saturated rings. The summed E-state index contributed by atoms with van der Waals surface area (Å²) in [5.74, 6) is -0.0546. The second kappa shape index (κ2) is 4.80. The lowest BCUT2D eigenvalue weighted by Crippen LogP contribution is -2.52. The zero-order chi connectivity index (χ0) is 11.5. The van der Waals surface area contributed by atoms with Gasteiger partial charge in [0.25, 0.3) is 0 Å². The van der Waals surface area contributed by atoms with Crippen molar-refractivity contribution in [1.29, 1.82) is 0 Å². The van der Waals surface area contributed by atoms with Gasteiger partial charge in [0, 0.05) is 23.6 Å². The fourth-order valence-electron chi connectivity index (χ4n) is 1.51. The van der Waals surface area contributed by atoms with Gasteiger partial charge in [0.15, 0.2) is 0 Å². The summed E-state index contributed by atoms with van der Waals surface area (Å²) in [5.41, 5.74) is 0.969. The van der Waals surface area contributed by atoms with E-state index >= 15 is 0 Å². The topological polar surface area (TPSA) is 40.5 Å². The van der Waals surface area contributed by atoms with Crippen molar-refractivity contribution < 1.29 is 9.90 Å². The predicted octanol–water partition coefficient (Wildman–Crippen LogP) is 1.67. The number of nitrogens with zero attached hydrogens (tertiary/aromatic N) is 1. The molecule has 1 N–H and O–H groups in total. The van der Waals surface area contributed by atoms with Crippen molar-refractivity contribution in [1.82, 2.24) is 4.90 Å². The van der Waals surface area contributed by atoms with E-state index in [0.29, 0.717) is 13.1 Å². The minimum absolute atomic E-state index is 0.0546. The number of carbonyl (C=O) groups is 1. The first-order chi connectivity index (χ1) is 7.66. The predicted molar refractivity (Wildman–Crippen MR) is 65.8 cm³/mol. The zero-order valence-corrected chi connectivity index (χ0v) is 10.2. The number of benzene rings is 1. The smallest absolute Gasteiger partial charge is 0.246 e. The van der Waals surface area contributed by atoms with Gasteiger partial charge in [-0.1, -0.05) is 34.1 Å². The molecular weight excluding hydrogens is 270 g/mol. The summed E-state index contributed by atoms with van der Waals surface area (Å²) >= 11 is 3.41. The number of carbonyl (C=O) groups excluding carboxylic acids is 1. The molecule has 0 radical (unpaired) electrons. The van der Waals surface area contributed by atoms with E-state index in [-0.39, 0.29) is 12.0 Å². The molecular formula is C12H12BrNO2. The molecule has 1 amide bonds. The van der Waals surface area contributed by atoms with Crippen LogP contribution in [-0.4, -0.2) is 35.1 Å². The Labute approximate surface area is 103 Å². The number of aliphatic hydroxyl groups is 1. The van der Waals surface area contributed by atoms with Crippen LogP contribution >= 0.6 is 15.9 Å². The van der Waals surface area contributed by atoms with E-state index in [2.05, 4.69) is 15.9 Å². The van der Waals surface area contributed by atoms with E-state index in [1.807, 2.05) is 24.3 Å². The van der Waals surface area contributed by atoms with Crippen molar-refractivity contribution in [2.24, 2.45) is 0 Å². The van der Waals surface area contributed by atoms with Crippen LogP contribution in [-0.2, 0) is 4.79 Å². The van der Waals surface area contributed by atoms with Crippen molar-refractivity contribution in [2.45, 2.75) is 6.10 Å². The van der Waals surface area contributed by atoms with Crippen LogP contribution in [0.25, 0.3) is 6.08 Å². The molecule has 2 rings (SSSR count). The number of hydrogen-bond acceptors (Lipinski definition) is 2. The first kappa shape index (κ1) is 11.4. The number of β-amino-alcohol motifs (C(OH)–C–C–N with tert-alkyl or cyclic N) is 1. The quantitative estimate of drug-likeness (QED) is 0.838. The Morgan fingerprint density at radius 1 is 1.44 bits per heavy atom. The fraction of sp³-hybridized carbons (Fsp3) is 0.250. The Kier molecular flexibility index (Phi) is 3.41. The summed E-state index contributed by atoms with van der Waals surface area (Å²) in [5, 5.41) is 9.07. The number of likely N-dealkylation sites (tertiary alicyclic amines) is 1. The van der Waals surface area contributed by atoms with E-state index in [4.69, 9.17) is 5.11 Å². The maximum absolute atomic E-state index is 11.6. The van der Waals surface area contributed by atoms with Crippen molar-refractivity contribution in [2.75, 3.05) is 13.1 Å². The van der Waals surface area contributed by atoms with Gasteiger partial charge in [0.1, 0.15) is 0 Å². The summed E-state index contributed by atoms with van der Waals surface area (Å²) < 4.78 is 0.961. The molecule has 1 saturated heterocycles. The second-order valence-electron chi connectivity index (χ2n) is 3.75. The highest BCUT2D eigenvalue weighted by molar-refractivity contribution is 9.10. The summed E-state index contributed by atoms with van der Waals surface area (Å²) in [7, 11) is 0. The molecule has 3 nitrogen and oxygen atoms in total. The normalized spacial score (nSPS) is 16.5. The monoisotopic (exact) mass is 281 g/mol. The van der Waals surface area contributed by atoms with Crippen LogP contribution in [0.5, 0.6) is 0 Å². The third kappa shape index (κ3) is 2.51. The first-order valence-electron chi connectivity index (χ1n) is 5.06. The molecule has 0 atom stereocenters. The van der Waals surface area contributed by atoms with Gasteiger partial charge in [-0.05, 0) is 17.7 Å². The van der Waals surface area contributed by atoms with Crippen molar-refractivity contribution in [3.8, 4) is 0 Å². The van der Waals surface area contributed by atoms with E-state index < -0.39 is 0 Å². The second-order valence-corrected chi connectivity index (χ2v) is 4.61. The van der Waals surface area contributed by atoms with E-state index in [1.165, 1.54) is 6.08 Å². The van der Waals surface area contributed by atoms with Crippen LogP contribution in [0.15, 0.2) is 34.8 Å². The number of aliphatic hydroxyl groups excluding tert-OH is 1. The molecule has 1 aliphatic rings. The highest BCUT2D eigenvalue weighted by Crippen LogP contribution is 2.17. The molecule has 1 aromatic carbocycles. The van der Waals surface area contributed by atoms with Crippen LogP contribution in [0.4, 0.5) is 0 Å². The highest BCUT2D eigenvalue weighted by Gasteiger charge is 2.26. The molecule has 0 aliphatic carbocycles. The molecule has 0 spiro atoms. The molecule has 0 saturated carbocycles. The van der Waals surface area contributed by atoms with E-state index in [0.717, 1.165) is 10.0 Å². The summed E-state index contributed by atoms with van der Waals surface area (Å²) in [6.45, 7) is 0.887. The Bertz CT molecular complexity index is 425. The van der Waals surface area contributed by atoms with Gasteiger partial charge in [0.2, 0.25) is 5.91 Å². The van der Waals surface area contributed by atoms with Crippen molar-refractivity contribution in [3.05, 3.63) is 40.4 Å². The van der Waals surface area contributed by atoms with Crippen LogP contribution in [0.3, 0.4) is 0 Å². The minimum Gasteiger partial charge on any atom is -0.389 e. The SMILES string of the molecule is O=C(C=Cc1ccccc1Br)N1CC(O)C1. The Morgan fingerprint density at radius 2 is 2.12 bits per heavy atom. The van der Waals surface area contributed by atoms with Crippen molar-refractivity contribution >= 4 is 27.9 Å². The maximum Gasteiger partial charge on any atom is 0.246 e. The molecule has 4 heteroatoms. The van der Waals surface area contributed by atoms with Crippen LogP contribution < -0.4 is 0 Å². The lowest BCUT2D eigenvalue weighted by Gasteiger charge is -2.34. The first-order valence-corrected chi connectivity index (χ1v) is 5.85. The molecule has 84 valence electrons. The molecule has 0 unspecified atom stereocenters. The molecule has 1 heterocycles. The van der Waals surface area contributed by atoms with Gasteiger partial charge in [-0.15, -0.1) is 0 Å². The van der Waals surface area contributed by atoms with Gasteiger partial charge in [0.05, 0.1) is 6.10 Å². The third-order valence-corrected chi connectivity index (χ3v) is 3.21. The maximum atomic E-state index is 11.6. The average molecular weight is 282 g/mol. The Balaban J connectivity index is 1.99. The molecule has 1 aliphatic heterocycles. The number of rotatable bonds is 2. The molecule has 0 bridgehead atoms. The summed E-state index contributed by atoms with van der Waals surface area (Å²) in [6.07, 6.45) is 2.96. The Morgan fingerprint density at radius 3 is 2.75 bits per heavy atom. The lowest BCUT2D eigenvalue weighted by atomic mass is 10.1. The van der Waals surface area contributed by atoms with Crippen LogP contribution in [0, 0.1) is 0 Å². The zero-order valence-electron chi connectivity index (χ0n) is 8.64. The van der Waals surface area contributed by atoms with E-state index in [9.17, 15) is 4.79 Å². The Hall–Kier alpha value is -1.13. The number of halogens is 1. The average Bonchev–Trinajstić information content (AvgIpc) is 2.23. The summed E-state index contributed by atoms with van der Waals surface area (Å²) in [4.78, 5) is 13.2. The van der Waals surface area contributed by atoms with Gasteiger partial charge < -0.3 is 10.0 Å². The van der Waals surface area contributed by atoms with Gasteiger partial charge >= 0.3 is 0 Å². The fourth-order valence-corrected chi connectivity index (χ4v) is 1.93. The number of hydrogen-bond donors (Lipinski definition) is 1. The molecule has 16 heavy (non-hydrogen) atoms. The lowest BCUT2D eigenvalue weighted by molar-refractivity contribution is -0.135.